The van der Waals surface area contributed by atoms with Gasteiger partial charge in [-0.25, -0.2) is 4.79 Å². The number of fused-ring (bicyclic) bond motifs is 7. The zero-order valence-electron chi connectivity index (χ0n) is 31.4. The Morgan fingerprint density at radius 2 is 1.73 bits per heavy atom. The van der Waals surface area contributed by atoms with E-state index in [0.717, 1.165) is 50.0 Å². The third-order valence-corrected chi connectivity index (χ3v) is 15.9. The molecule has 0 spiro atoms. The molecule has 5 aliphatic carbocycles. The highest BCUT2D eigenvalue weighted by molar-refractivity contribution is 5.89. The number of hydrogen-bond donors (Lipinski definition) is 1. The molecule has 5 nitrogen and oxygen atoms in total. The zero-order chi connectivity index (χ0) is 33.9. The molecule has 1 aromatic carbocycles. The van der Waals surface area contributed by atoms with Crippen molar-refractivity contribution in [3.63, 3.8) is 0 Å². The summed E-state index contributed by atoms with van der Waals surface area (Å²) in [5.74, 6) is 3.83. The first-order valence-corrected chi connectivity index (χ1v) is 20.0. The third kappa shape index (κ3) is 5.56. The van der Waals surface area contributed by atoms with Crippen molar-refractivity contribution in [2.75, 3.05) is 33.4 Å². The van der Waals surface area contributed by atoms with Crippen molar-refractivity contribution in [2.45, 2.75) is 136 Å². The zero-order valence-corrected chi connectivity index (χ0v) is 31.4. The second-order valence-corrected chi connectivity index (χ2v) is 18.3. The Morgan fingerprint density at radius 1 is 0.938 bits per heavy atom. The third-order valence-electron chi connectivity index (χ3n) is 15.9. The SMILES string of the molecule is CCCC1COCC(C)N1CCN[C@]12CCC[C@@H]1[C@H]1CCC3[C@@](C)(CCC4C(C)(C)C(c5ccc(C(=O)OC)cc5)=CC[C@@]43C)C1CC2. The minimum atomic E-state index is -0.260. The Bertz CT molecular complexity index is 1350. The summed E-state index contributed by atoms with van der Waals surface area (Å²) in [5.41, 5.74) is 4.63. The molecule has 1 aliphatic heterocycles. The van der Waals surface area contributed by atoms with Crippen LogP contribution in [-0.2, 0) is 9.47 Å². The van der Waals surface area contributed by atoms with E-state index in [-0.39, 0.29) is 11.4 Å². The van der Waals surface area contributed by atoms with Crippen LogP contribution >= 0.6 is 0 Å². The molecule has 1 N–H and O–H groups in total. The standard InChI is InChI=1S/C43H66N2O3/c1-8-10-32-28-48-27-29(2)45(32)26-25-44-43-21-9-11-36(43)33-16-17-38-41(5,35(33)19-24-43)23-20-37-40(3,4)34(18-22-42(37,38)6)30-12-14-31(15-13-30)39(46)47-7/h12-15,18,29,32-33,35-38,44H,8-11,16-17,19-28H2,1-7H3/t29?,32?,33-,35?,36+,37?,38?,41-,42-,43-/m0/s1. The molecule has 48 heavy (non-hydrogen) atoms. The van der Waals surface area contributed by atoms with Gasteiger partial charge in [0.1, 0.15) is 0 Å². The summed E-state index contributed by atoms with van der Waals surface area (Å²) in [7, 11) is 1.46. The van der Waals surface area contributed by atoms with Crippen molar-refractivity contribution in [1.82, 2.24) is 10.2 Å². The van der Waals surface area contributed by atoms with E-state index in [2.05, 4.69) is 70.0 Å². The van der Waals surface area contributed by atoms with Crippen LogP contribution in [0.2, 0.25) is 0 Å². The number of methoxy groups -OCH3 is 1. The lowest BCUT2D eigenvalue weighted by atomic mass is 9.37. The maximum Gasteiger partial charge on any atom is 0.337 e. The number of carbonyl (C=O) groups is 1. The van der Waals surface area contributed by atoms with Gasteiger partial charge >= 0.3 is 5.97 Å². The number of hydrogen-bond acceptors (Lipinski definition) is 5. The van der Waals surface area contributed by atoms with Crippen LogP contribution in [0.3, 0.4) is 0 Å². The van der Waals surface area contributed by atoms with Gasteiger partial charge in [-0.1, -0.05) is 65.7 Å². The quantitative estimate of drug-likeness (QED) is 0.282. The minimum absolute atomic E-state index is 0.100. The van der Waals surface area contributed by atoms with Crippen LogP contribution in [0, 0.1) is 45.8 Å². The fourth-order valence-corrected chi connectivity index (χ4v) is 13.9. The fourth-order valence-electron chi connectivity index (χ4n) is 13.9. The average molecular weight is 659 g/mol. The molecular formula is C43H66N2O3. The Kier molecular flexibility index (Phi) is 9.50. The van der Waals surface area contributed by atoms with Gasteiger partial charge in [0.05, 0.1) is 25.9 Å². The highest BCUT2D eigenvalue weighted by Crippen LogP contribution is 2.72. The molecule has 1 aromatic rings. The lowest BCUT2D eigenvalue weighted by Gasteiger charge is -2.68. The van der Waals surface area contributed by atoms with Crippen molar-refractivity contribution >= 4 is 11.5 Å². The number of morpholine rings is 1. The van der Waals surface area contributed by atoms with E-state index < -0.39 is 0 Å². The van der Waals surface area contributed by atoms with Gasteiger partial charge in [-0.2, -0.15) is 0 Å². The second-order valence-electron chi connectivity index (χ2n) is 18.3. The summed E-state index contributed by atoms with van der Waals surface area (Å²) in [5, 5.41) is 4.33. The predicted octanol–water partition coefficient (Wildman–Crippen LogP) is 9.16. The summed E-state index contributed by atoms with van der Waals surface area (Å²) in [6, 6.07) is 9.30. The van der Waals surface area contributed by atoms with E-state index in [1.165, 1.54) is 95.3 Å². The predicted molar refractivity (Wildman–Crippen MR) is 196 cm³/mol. The highest BCUT2D eigenvalue weighted by atomic mass is 16.5. The van der Waals surface area contributed by atoms with Crippen LogP contribution in [-0.4, -0.2) is 61.9 Å². The molecule has 5 heteroatoms. The molecule has 5 fully saturated rings. The maximum atomic E-state index is 12.1. The molecule has 0 amide bonds. The number of rotatable bonds is 8. The summed E-state index contributed by atoms with van der Waals surface area (Å²) in [6.45, 7) is 19.3. The molecule has 4 saturated carbocycles. The van der Waals surface area contributed by atoms with Crippen LogP contribution in [0.4, 0.5) is 0 Å². The lowest BCUT2D eigenvalue weighted by molar-refractivity contribution is -0.172. The first kappa shape index (κ1) is 34.7. The maximum absolute atomic E-state index is 12.1. The molecule has 5 unspecified atom stereocenters. The van der Waals surface area contributed by atoms with E-state index in [9.17, 15) is 4.79 Å². The van der Waals surface area contributed by atoms with E-state index in [4.69, 9.17) is 9.47 Å². The van der Waals surface area contributed by atoms with Gasteiger partial charge in [0.15, 0.2) is 0 Å². The molecule has 0 bridgehead atoms. The van der Waals surface area contributed by atoms with Crippen LogP contribution in [0.25, 0.3) is 5.57 Å². The van der Waals surface area contributed by atoms with Crippen molar-refractivity contribution in [2.24, 2.45) is 45.8 Å². The van der Waals surface area contributed by atoms with E-state index in [1.54, 1.807) is 0 Å². The number of benzene rings is 1. The van der Waals surface area contributed by atoms with E-state index >= 15 is 0 Å². The number of allylic oxidation sites excluding steroid dienone is 2. The first-order valence-electron chi connectivity index (χ1n) is 20.0. The Labute approximate surface area is 292 Å². The first-order chi connectivity index (χ1) is 23.0. The molecule has 0 radical (unpaired) electrons. The van der Waals surface area contributed by atoms with Gasteiger partial charge in [0.25, 0.3) is 0 Å². The largest absolute Gasteiger partial charge is 0.465 e. The van der Waals surface area contributed by atoms with Crippen LogP contribution in [0.15, 0.2) is 30.3 Å². The Morgan fingerprint density at radius 3 is 2.48 bits per heavy atom. The molecule has 6 aliphatic rings. The number of carbonyl (C=O) groups excluding carboxylic acids is 1. The topological polar surface area (TPSA) is 50.8 Å². The number of ether oxygens (including phenoxy) is 2. The fraction of sp³-hybridized carbons (Fsp3) is 0.791. The van der Waals surface area contributed by atoms with Crippen LogP contribution in [0.5, 0.6) is 0 Å². The summed E-state index contributed by atoms with van der Waals surface area (Å²) < 4.78 is 10.9. The van der Waals surface area contributed by atoms with Crippen molar-refractivity contribution in [3.05, 3.63) is 41.5 Å². The van der Waals surface area contributed by atoms with Gasteiger partial charge in [0.2, 0.25) is 0 Å². The number of nitrogens with one attached hydrogen (secondary N) is 1. The van der Waals surface area contributed by atoms with Crippen molar-refractivity contribution in [3.8, 4) is 0 Å². The normalized spacial score (nSPS) is 42.1. The number of nitrogens with zero attached hydrogens (tertiary/aromatic N) is 1. The van der Waals surface area contributed by atoms with Crippen LogP contribution < -0.4 is 5.32 Å². The van der Waals surface area contributed by atoms with Crippen molar-refractivity contribution < 1.29 is 14.3 Å². The summed E-state index contributed by atoms with van der Waals surface area (Å²) in [6.07, 6.45) is 18.9. The van der Waals surface area contributed by atoms with E-state index in [1.807, 2.05) is 12.1 Å². The van der Waals surface area contributed by atoms with Gasteiger partial charge in [0, 0.05) is 30.7 Å². The molecule has 1 heterocycles. The Hall–Kier alpha value is -1.69. The molecule has 1 saturated heterocycles. The van der Waals surface area contributed by atoms with Gasteiger partial charge < -0.3 is 14.8 Å². The van der Waals surface area contributed by atoms with Crippen LogP contribution in [0.1, 0.15) is 135 Å². The molecule has 10 atom stereocenters. The minimum Gasteiger partial charge on any atom is -0.465 e. The summed E-state index contributed by atoms with van der Waals surface area (Å²) in [4.78, 5) is 14.9. The van der Waals surface area contributed by atoms with E-state index in [0.29, 0.717) is 39.9 Å². The summed E-state index contributed by atoms with van der Waals surface area (Å²) >= 11 is 0. The molecule has 7 rings (SSSR count). The monoisotopic (exact) mass is 659 g/mol. The van der Waals surface area contributed by atoms with Crippen molar-refractivity contribution in [1.29, 1.82) is 0 Å². The average Bonchev–Trinajstić information content (AvgIpc) is 3.50. The molecule has 266 valence electrons. The van der Waals surface area contributed by atoms with Gasteiger partial charge in [-0.05, 0) is 140 Å². The van der Waals surface area contributed by atoms with Gasteiger partial charge in [-0.3, -0.25) is 4.90 Å². The smallest absolute Gasteiger partial charge is 0.337 e. The Balaban J connectivity index is 1.07. The van der Waals surface area contributed by atoms with Gasteiger partial charge in [-0.15, -0.1) is 0 Å². The molecule has 0 aromatic heterocycles. The second kappa shape index (κ2) is 13.1. The number of esters is 1. The molecular weight excluding hydrogens is 592 g/mol. The lowest BCUT2D eigenvalue weighted by Crippen LogP contribution is -2.64. The highest BCUT2D eigenvalue weighted by Gasteiger charge is 2.65.